The number of hydrogen-bond acceptors (Lipinski definition) is 2. The fourth-order valence-corrected chi connectivity index (χ4v) is 2.82. The van der Waals surface area contributed by atoms with Gasteiger partial charge >= 0.3 is 5.97 Å². The lowest BCUT2D eigenvalue weighted by molar-refractivity contribution is -0.141. The summed E-state index contributed by atoms with van der Waals surface area (Å²) in [6, 6.07) is 1.61. The molecule has 2 N–H and O–H groups in total. The number of amides is 1. The molecule has 1 aromatic rings. The minimum absolute atomic E-state index is 0.0227. The molecule has 0 aliphatic rings. The van der Waals surface area contributed by atoms with E-state index in [0.29, 0.717) is 6.07 Å². The van der Waals surface area contributed by atoms with E-state index in [1.807, 2.05) is 0 Å². The van der Waals surface area contributed by atoms with Crippen molar-refractivity contribution < 1.29 is 23.5 Å². The van der Waals surface area contributed by atoms with Gasteiger partial charge in [-0.2, -0.15) is 0 Å². The van der Waals surface area contributed by atoms with Crippen molar-refractivity contribution in [3.8, 4) is 11.5 Å². The van der Waals surface area contributed by atoms with Crippen LogP contribution in [0.5, 0.6) is 0 Å². The Hall–Kier alpha value is -2.20. The van der Waals surface area contributed by atoms with Crippen LogP contribution in [-0.2, 0) is 16.0 Å². The summed E-state index contributed by atoms with van der Waals surface area (Å²) >= 11 is 0. The van der Waals surface area contributed by atoms with Gasteiger partial charge in [0.25, 0.3) is 0 Å². The third-order valence-electron chi connectivity index (χ3n) is 4.50. The Morgan fingerprint density at radius 3 is 2.19 bits per heavy atom. The van der Waals surface area contributed by atoms with Crippen molar-refractivity contribution in [3.63, 3.8) is 0 Å². The lowest BCUT2D eigenvalue weighted by Gasteiger charge is -2.31. The highest BCUT2D eigenvalue weighted by Crippen LogP contribution is 2.35. The maximum absolute atomic E-state index is 13.2. The van der Waals surface area contributed by atoms with Gasteiger partial charge in [-0.05, 0) is 22.7 Å². The Labute approximate surface area is 154 Å². The van der Waals surface area contributed by atoms with Crippen LogP contribution < -0.4 is 5.32 Å². The average molecular weight is 381 g/mol. The molecular weight excluding hydrogens is 356 g/mol. The van der Waals surface area contributed by atoms with E-state index < -0.39 is 37.6 Å². The molecule has 0 fully saturated rings. The van der Waals surface area contributed by atoms with Crippen LogP contribution in [0.15, 0.2) is 18.2 Å². The second-order valence-electron chi connectivity index (χ2n) is 7.79. The molecule has 0 saturated carbocycles. The molecule has 0 saturated heterocycles. The number of nitrogens with one attached hydrogen (secondary N) is 1. The van der Waals surface area contributed by atoms with E-state index in [0.717, 1.165) is 12.1 Å². The van der Waals surface area contributed by atoms with E-state index in [4.69, 9.17) is 0 Å². The van der Waals surface area contributed by atoms with Crippen molar-refractivity contribution in [2.24, 2.45) is 0 Å². The summed E-state index contributed by atoms with van der Waals surface area (Å²) in [6.07, 6.45) is -0.334. The van der Waals surface area contributed by atoms with Crippen LogP contribution >= 0.6 is 0 Å². The first-order valence-electron chi connectivity index (χ1n) is 8.29. The molecule has 0 aliphatic carbocycles. The first-order chi connectivity index (χ1) is 11.8. The van der Waals surface area contributed by atoms with Crippen molar-refractivity contribution >= 4 is 20.0 Å². The summed E-state index contributed by atoms with van der Waals surface area (Å²) in [6.45, 7) is 10.5. The minimum Gasteiger partial charge on any atom is -0.480 e. The molecule has 0 spiro atoms. The van der Waals surface area contributed by atoms with Gasteiger partial charge in [-0.3, -0.25) is 4.79 Å². The third kappa shape index (κ3) is 6.60. The molecule has 0 radical (unpaired) electrons. The van der Waals surface area contributed by atoms with E-state index in [9.17, 15) is 23.5 Å². The second kappa shape index (κ2) is 8.45. The number of benzene rings is 1. The highest BCUT2D eigenvalue weighted by molar-refractivity contribution is 6.87. The predicted molar refractivity (Wildman–Crippen MR) is 99.2 cm³/mol. The van der Waals surface area contributed by atoms with Gasteiger partial charge in [0, 0.05) is 12.5 Å². The average Bonchev–Trinajstić information content (AvgIpc) is 2.43. The largest absolute Gasteiger partial charge is 0.480 e. The van der Waals surface area contributed by atoms with Crippen LogP contribution in [0.2, 0.25) is 18.1 Å². The third-order valence-corrected chi connectivity index (χ3v) is 9.05. The monoisotopic (exact) mass is 381 g/mol. The first-order valence-corrected chi connectivity index (χ1v) is 11.3. The first kappa shape index (κ1) is 21.8. The predicted octanol–water partition coefficient (Wildman–Crippen LogP) is 3.52. The number of hydrogen-bond donors (Lipinski definition) is 2. The maximum Gasteiger partial charge on any atom is 0.327 e. The Bertz CT molecular complexity index is 725. The van der Waals surface area contributed by atoms with Crippen molar-refractivity contribution in [1.82, 2.24) is 5.32 Å². The molecule has 0 aromatic heterocycles. The van der Waals surface area contributed by atoms with Crippen LogP contribution in [0.1, 0.15) is 32.8 Å². The molecule has 142 valence electrons. The molecule has 7 heteroatoms. The van der Waals surface area contributed by atoms with Crippen LogP contribution in [-0.4, -0.2) is 31.1 Å². The van der Waals surface area contributed by atoms with Gasteiger partial charge in [-0.15, -0.1) is 11.5 Å². The summed E-state index contributed by atoms with van der Waals surface area (Å²) in [5, 5.41) is 11.7. The zero-order valence-corrected chi connectivity index (χ0v) is 16.7. The number of aliphatic carboxylic acids is 1. The standard InChI is InChI=1S/C19H25F2NO3Si/c1-19(2,3)26(4,5)8-6-7-16(18(24)25)22-17(23)11-13-9-14(20)12-15(21)10-13/h9-10,12,16H,7,11H2,1-5H3,(H,22,23)(H,24,25)/t16-/m1/s1. The molecule has 4 nitrogen and oxygen atoms in total. The molecule has 1 atom stereocenters. The Kier molecular flexibility index (Phi) is 7.10. The van der Waals surface area contributed by atoms with Crippen molar-refractivity contribution in [2.45, 2.75) is 57.8 Å². The van der Waals surface area contributed by atoms with Gasteiger partial charge in [0.1, 0.15) is 25.8 Å². The second-order valence-corrected chi connectivity index (χ2v) is 12.8. The molecule has 0 unspecified atom stereocenters. The van der Waals surface area contributed by atoms with Gasteiger partial charge in [0.2, 0.25) is 5.91 Å². The van der Waals surface area contributed by atoms with Gasteiger partial charge < -0.3 is 10.4 Å². The molecule has 0 aliphatic heterocycles. The summed E-state index contributed by atoms with van der Waals surface area (Å²) in [5.74, 6) is -0.510. The fourth-order valence-electron chi connectivity index (χ4n) is 1.91. The number of halogens is 2. The smallest absolute Gasteiger partial charge is 0.327 e. The Morgan fingerprint density at radius 1 is 1.19 bits per heavy atom. The van der Waals surface area contributed by atoms with Crippen molar-refractivity contribution in [3.05, 3.63) is 35.4 Å². The SMILES string of the molecule is CC(C)(C)[Si](C)(C)C#CC[C@@H](NC(=O)Cc1cc(F)cc(F)c1)C(=O)O. The molecule has 1 rings (SSSR count). The zero-order valence-electron chi connectivity index (χ0n) is 15.7. The van der Waals surface area contributed by atoms with Gasteiger partial charge in [0.15, 0.2) is 0 Å². The molecule has 0 bridgehead atoms. The molecule has 26 heavy (non-hydrogen) atoms. The number of carboxylic acid groups (broad SMARTS) is 1. The van der Waals surface area contributed by atoms with Gasteiger partial charge in [0.05, 0.1) is 6.42 Å². The fraction of sp³-hybridized carbons (Fsp3) is 0.474. The zero-order chi connectivity index (χ0) is 20.1. The summed E-state index contributed by atoms with van der Waals surface area (Å²) < 4.78 is 26.3. The number of rotatable bonds is 5. The quantitative estimate of drug-likeness (QED) is 0.606. The van der Waals surface area contributed by atoms with Crippen LogP contribution in [0.4, 0.5) is 8.78 Å². The van der Waals surface area contributed by atoms with E-state index in [-0.39, 0.29) is 23.4 Å². The van der Waals surface area contributed by atoms with E-state index in [1.165, 1.54) is 0 Å². The normalized spacial score (nSPS) is 12.7. The Morgan fingerprint density at radius 2 is 1.73 bits per heavy atom. The number of carbonyl (C=O) groups is 2. The highest BCUT2D eigenvalue weighted by Gasteiger charge is 2.33. The summed E-state index contributed by atoms with van der Waals surface area (Å²) in [5.41, 5.74) is 3.33. The number of carboxylic acids is 1. The van der Waals surface area contributed by atoms with Gasteiger partial charge in [-0.1, -0.05) is 33.9 Å². The van der Waals surface area contributed by atoms with Crippen LogP contribution in [0.25, 0.3) is 0 Å². The van der Waals surface area contributed by atoms with Crippen LogP contribution in [0, 0.1) is 23.1 Å². The maximum atomic E-state index is 13.2. The van der Waals surface area contributed by atoms with Gasteiger partial charge in [-0.25, -0.2) is 13.6 Å². The van der Waals surface area contributed by atoms with Crippen molar-refractivity contribution in [2.75, 3.05) is 0 Å². The summed E-state index contributed by atoms with van der Waals surface area (Å²) in [7, 11) is -1.87. The Balaban J connectivity index is 2.77. The van der Waals surface area contributed by atoms with E-state index in [1.54, 1.807) is 0 Å². The highest BCUT2D eigenvalue weighted by atomic mass is 28.3. The topological polar surface area (TPSA) is 66.4 Å². The summed E-state index contributed by atoms with van der Waals surface area (Å²) in [4.78, 5) is 23.4. The van der Waals surface area contributed by atoms with E-state index >= 15 is 0 Å². The minimum atomic E-state index is -1.87. The lowest BCUT2D eigenvalue weighted by Crippen LogP contribution is -2.41. The molecule has 1 aromatic carbocycles. The molecular formula is C19H25F2NO3Si. The molecule has 1 amide bonds. The molecule has 0 heterocycles. The van der Waals surface area contributed by atoms with Crippen molar-refractivity contribution in [1.29, 1.82) is 0 Å². The number of carbonyl (C=O) groups excluding carboxylic acids is 1. The van der Waals surface area contributed by atoms with Crippen LogP contribution in [0.3, 0.4) is 0 Å². The van der Waals surface area contributed by atoms with E-state index in [2.05, 4.69) is 50.6 Å². The lowest BCUT2D eigenvalue weighted by atomic mass is 10.1.